The van der Waals surface area contributed by atoms with Crippen LogP contribution in [0.1, 0.15) is 29.9 Å². The van der Waals surface area contributed by atoms with Crippen molar-refractivity contribution >= 4 is 15.9 Å². The number of hydrogen-bond donors (Lipinski definition) is 1. The summed E-state index contributed by atoms with van der Waals surface area (Å²) in [6.45, 7) is 3.60. The van der Waals surface area contributed by atoms with Crippen LogP contribution in [0.4, 0.5) is 0 Å². The van der Waals surface area contributed by atoms with Gasteiger partial charge in [0.25, 0.3) is 0 Å². The molecule has 0 radical (unpaired) electrons. The molecule has 1 aliphatic rings. The van der Waals surface area contributed by atoms with Gasteiger partial charge < -0.3 is 10.5 Å². The van der Waals surface area contributed by atoms with Crippen molar-refractivity contribution in [3.8, 4) is 5.75 Å². The second-order valence-electron chi connectivity index (χ2n) is 4.06. The maximum Gasteiger partial charge on any atom is 0.125 e. The van der Waals surface area contributed by atoms with E-state index in [1.165, 1.54) is 11.1 Å². The van der Waals surface area contributed by atoms with E-state index in [-0.39, 0.29) is 0 Å². The fourth-order valence-corrected chi connectivity index (χ4v) is 2.75. The number of halogens is 1. The third-order valence-corrected chi connectivity index (χ3v) is 3.39. The van der Waals surface area contributed by atoms with E-state index in [2.05, 4.69) is 35.0 Å². The summed E-state index contributed by atoms with van der Waals surface area (Å²) in [5, 5.41) is 0. The van der Waals surface area contributed by atoms with Crippen LogP contribution in [0.5, 0.6) is 5.75 Å². The molecule has 0 amide bonds. The summed E-state index contributed by atoms with van der Waals surface area (Å²) in [7, 11) is 0. The Bertz CT molecular complexity index is 365. The molecule has 1 heterocycles. The zero-order valence-electron chi connectivity index (χ0n) is 8.92. The number of fused-ring (bicyclic) bond motifs is 1. The Kier molecular flexibility index (Phi) is 3.32. The summed E-state index contributed by atoms with van der Waals surface area (Å²) < 4.78 is 6.90. The van der Waals surface area contributed by atoms with Crippen LogP contribution in [-0.4, -0.2) is 13.2 Å². The molecule has 2 rings (SSSR count). The second-order valence-corrected chi connectivity index (χ2v) is 4.98. The van der Waals surface area contributed by atoms with Crippen molar-refractivity contribution < 1.29 is 4.74 Å². The molecule has 3 heteroatoms. The van der Waals surface area contributed by atoms with E-state index >= 15 is 0 Å². The number of nitrogens with two attached hydrogens (primary N) is 1. The van der Waals surface area contributed by atoms with Gasteiger partial charge in [-0.25, -0.2) is 0 Å². The van der Waals surface area contributed by atoms with E-state index in [4.69, 9.17) is 10.5 Å². The van der Waals surface area contributed by atoms with Crippen molar-refractivity contribution in [1.82, 2.24) is 0 Å². The predicted octanol–water partition coefficient (Wildman–Crippen LogP) is 2.97. The molecule has 1 aromatic carbocycles. The molecule has 1 aromatic rings. The van der Waals surface area contributed by atoms with Crippen LogP contribution in [0.25, 0.3) is 0 Å². The van der Waals surface area contributed by atoms with Crippen LogP contribution in [0, 0.1) is 6.92 Å². The van der Waals surface area contributed by atoms with Gasteiger partial charge in [0.1, 0.15) is 5.75 Å². The van der Waals surface area contributed by atoms with E-state index < -0.39 is 0 Å². The molecule has 0 saturated carbocycles. The Morgan fingerprint density at radius 2 is 2.33 bits per heavy atom. The highest BCUT2D eigenvalue weighted by Crippen LogP contribution is 2.37. The van der Waals surface area contributed by atoms with Crippen molar-refractivity contribution in [3.63, 3.8) is 0 Å². The first-order valence-electron chi connectivity index (χ1n) is 5.35. The van der Waals surface area contributed by atoms with Crippen molar-refractivity contribution in [2.24, 2.45) is 5.73 Å². The normalized spacial score (nSPS) is 20.3. The summed E-state index contributed by atoms with van der Waals surface area (Å²) in [5.41, 5.74) is 8.28. The molecule has 0 saturated heterocycles. The van der Waals surface area contributed by atoms with Gasteiger partial charge in [-0.1, -0.05) is 15.9 Å². The van der Waals surface area contributed by atoms with E-state index in [0.29, 0.717) is 12.5 Å². The number of ether oxygens (including phenoxy) is 1. The zero-order chi connectivity index (χ0) is 10.8. The molecule has 0 fully saturated rings. The van der Waals surface area contributed by atoms with Gasteiger partial charge in [-0.3, -0.25) is 0 Å². The minimum absolute atomic E-state index is 0.443. The SMILES string of the molecule is Cc1cc(Br)cc2c1OCCCC2CN. The third-order valence-electron chi connectivity index (χ3n) is 2.94. The van der Waals surface area contributed by atoms with Gasteiger partial charge in [0, 0.05) is 4.47 Å². The zero-order valence-corrected chi connectivity index (χ0v) is 10.5. The second kappa shape index (κ2) is 4.54. The predicted molar refractivity (Wildman–Crippen MR) is 65.4 cm³/mol. The van der Waals surface area contributed by atoms with Crippen LogP contribution >= 0.6 is 15.9 Å². The van der Waals surface area contributed by atoms with Crippen LogP contribution in [0.15, 0.2) is 16.6 Å². The monoisotopic (exact) mass is 269 g/mol. The van der Waals surface area contributed by atoms with Crippen molar-refractivity contribution in [2.45, 2.75) is 25.7 Å². The Labute approximate surface area is 98.9 Å². The average molecular weight is 270 g/mol. The van der Waals surface area contributed by atoms with Crippen LogP contribution < -0.4 is 10.5 Å². The maximum absolute atomic E-state index is 5.82. The molecular formula is C12H16BrNO. The summed E-state index contributed by atoms with van der Waals surface area (Å²) in [6.07, 6.45) is 2.22. The summed E-state index contributed by atoms with van der Waals surface area (Å²) in [5.74, 6) is 1.49. The minimum Gasteiger partial charge on any atom is -0.493 e. The quantitative estimate of drug-likeness (QED) is 0.851. The topological polar surface area (TPSA) is 35.2 Å². The van der Waals surface area contributed by atoms with Gasteiger partial charge in [-0.15, -0.1) is 0 Å². The fraction of sp³-hybridized carbons (Fsp3) is 0.500. The van der Waals surface area contributed by atoms with Gasteiger partial charge in [-0.2, -0.15) is 0 Å². The molecule has 0 spiro atoms. The minimum atomic E-state index is 0.443. The van der Waals surface area contributed by atoms with Gasteiger partial charge >= 0.3 is 0 Å². The molecule has 15 heavy (non-hydrogen) atoms. The van der Waals surface area contributed by atoms with Crippen LogP contribution in [0.2, 0.25) is 0 Å². The molecule has 82 valence electrons. The smallest absolute Gasteiger partial charge is 0.125 e. The fourth-order valence-electron chi connectivity index (χ4n) is 2.16. The van der Waals surface area contributed by atoms with Gasteiger partial charge in [0.15, 0.2) is 0 Å². The number of hydrogen-bond acceptors (Lipinski definition) is 2. The van der Waals surface area contributed by atoms with Crippen molar-refractivity contribution in [2.75, 3.05) is 13.2 Å². The van der Waals surface area contributed by atoms with Crippen LogP contribution in [0.3, 0.4) is 0 Å². The lowest BCUT2D eigenvalue weighted by Gasteiger charge is -2.16. The Balaban J connectivity index is 2.50. The van der Waals surface area contributed by atoms with Crippen molar-refractivity contribution in [1.29, 1.82) is 0 Å². The van der Waals surface area contributed by atoms with Gasteiger partial charge in [0.2, 0.25) is 0 Å². The molecule has 2 N–H and O–H groups in total. The third kappa shape index (κ3) is 2.18. The Hall–Kier alpha value is -0.540. The van der Waals surface area contributed by atoms with Gasteiger partial charge in [-0.05, 0) is 55.5 Å². The lowest BCUT2D eigenvalue weighted by Crippen LogP contribution is -2.12. The first-order valence-corrected chi connectivity index (χ1v) is 6.14. The number of rotatable bonds is 1. The van der Waals surface area contributed by atoms with E-state index in [9.17, 15) is 0 Å². The molecule has 1 atom stereocenters. The highest BCUT2D eigenvalue weighted by Gasteiger charge is 2.20. The first kappa shape index (κ1) is 11.0. The number of benzene rings is 1. The maximum atomic E-state index is 5.82. The highest BCUT2D eigenvalue weighted by molar-refractivity contribution is 9.10. The standard InChI is InChI=1S/C12H16BrNO/c1-8-5-10(13)6-11-9(7-14)3-2-4-15-12(8)11/h5-6,9H,2-4,7,14H2,1H3. The molecular weight excluding hydrogens is 254 g/mol. The summed E-state index contributed by atoms with van der Waals surface area (Å²) >= 11 is 3.53. The van der Waals surface area contributed by atoms with Gasteiger partial charge in [0.05, 0.1) is 6.61 Å². The summed E-state index contributed by atoms with van der Waals surface area (Å²) in [4.78, 5) is 0. The number of aryl methyl sites for hydroxylation is 1. The molecule has 1 unspecified atom stereocenters. The summed E-state index contributed by atoms with van der Waals surface area (Å²) in [6, 6.07) is 4.24. The highest BCUT2D eigenvalue weighted by atomic mass is 79.9. The Morgan fingerprint density at radius 3 is 3.07 bits per heavy atom. The molecule has 0 aromatic heterocycles. The Morgan fingerprint density at radius 1 is 1.53 bits per heavy atom. The molecule has 1 aliphatic heterocycles. The molecule has 0 bridgehead atoms. The molecule has 2 nitrogen and oxygen atoms in total. The van der Waals surface area contributed by atoms with E-state index in [0.717, 1.165) is 29.7 Å². The average Bonchev–Trinajstić information content (AvgIpc) is 2.39. The first-order chi connectivity index (χ1) is 7.22. The van der Waals surface area contributed by atoms with E-state index in [1.54, 1.807) is 0 Å². The van der Waals surface area contributed by atoms with Crippen molar-refractivity contribution in [3.05, 3.63) is 27.7 Å². The largest absolute Gasteiger partial charge is 0.493 e. The lowest BCUT2D eigenvalue weighted by atomic mass is 9.93. The van der Waals surface area contributed by atoms with E-state index in [1.807, 2.05) is 0 Å². The molecule has 0 aliphatic carbocycles. The lowest BCUT2D eigenvalue weighted by molar-refractivity contribution is 0.314. The van der Waals surface area contributed by atoms with Crippen LogP contribution in [-0.2, 0) is 0 Å².